The first-order valence-electron chi connectivity index (χ1n) is 10.6. The van der Waals surface area contributed by atoms with Gasteiger partial charge in [0.15, 0.2) is 5.60 Å². The lowest BCUT2D eigenvalue weighted by Gasteiger charge is -2.25. The van der Waals surface area contributed by atoms with E-state index < -0.39 is 11.5 Å². The summed E-state index contributed by atoms with van der Waals surface area (Å²) in [6.07, 6.45) is 1.40. The Morgan fingerprint density at radius 2 is 1.56 bits per heavy atom. The van der Waals surface area contributed by atoms with Gasteiger partial charge in [-0.1, -0.05) is 42.5 Å². The molecule has 0 fully saturated rings. The van der Waals surface area contributed by atoms with Crippen LogP contribution in [0.25, 0.3) is 11.1 Å². The highest BCUT2D eigenvalue weighted by Crippen LogP contribution is 2.34. The van der Waals surface area contributed by atoms with Crippen molar-refractivity contribution >= 4 is 23.2 Å². The van der Waals surface area contributed by atoms with Crippen LogP contribution < -0.4 is 21.5 Å². The van der Waals surface area contributed by atoms with Crippen molar-refractivity contribution in [1.82, 2.24) is 9.97 Å². The lowest BCUT2D eigenvalue weighted by Crippen LogP contribution is -2.40. The van der Waals surface area contributed by atoms with Crippen LogP contribution in [0.1, 0.15) is 12.5 Å². The van der Waals surface area contributed by atoms with E-state index in [2.05, 4.69) is 15.3 Å². The van der Waals surface area contributed by atoms with Gasteiger partial charge in [0, 0.05) is 12.8 Å². The van der Waals surface area contributed by atoms with Crippen LogP contribution in [0.3, 0.4) is 0 Å². The summed E-state index contributed by atoms with van der Waals surface area (Å²) in [5, 5.41) is 3.27. The number of nitrogen functional groups attached to an aromatic ring is 1. The molecule has 5 N–H and O–H groups in total. The van der Waals surface area contributed by atoms with Gasteiger partial charge in [0.2, 0.25) is 0 Å². The first-order valence-corrected chi connectivity index (χ1v) is 10.6. The second-order valence-electron chi connectivity index (χ2n) is 7.73. The van der Waals surface area contributed by atoms with Crippen LogP contribution in [0.15, 0.2) is 85.2 Å². The van der Waals surface area contributed by atoms with Crippen molar-refractivity contribution in [3.05, 3.63) is 90.8 Å². The minimum absolute atomic E-state index is 0.339. The highest BCUT2D eigenvalue weighted by molar-refractivity contribution is 5.86. The molecular weight excluding hydrogens is 430 g/mol. The van der Waals surface area contributed by atoms with Crippen molar-refractivity contribution in [2.45, 2.75) is 12.5 Å². The zero-order valence-electron chi connectivity index (χ0n) is 18.9. The fraction of sp³-hybridized carbons (Fsp3) is 0.115. The van der Waals surface area contributed by atoms with Gasteiger partial charge in [-0.25, -0.2) is 9.97 Å². The van der Waals surface area contributed by atoms with E-state index in [-0.39, 0.29) is 0 Å². The molecule has 34 heavy (non-hydrogen) atoms. The van der Waals surface area contributed by atoms with Gasteiger partial charge in [0.05, 0.1) is 5.56 Å². The fourth-order valence-corrected chi connectivity index (χ4v) is 3.46. The van der Waals surface area contributed by atoms with Crippen LogP contribution in [0.2, 0.25) is 0 Å². The lowest BCUT2D eigenvalue weighted by atomic mass is 9.95. The third kappa shape index (κ3) is 4.67. The molecular formula is C26H25N5O3. The molecule has 0 aliphatic carbocycles. The van der Waals surface area contributed by atoms with Crippen molar-refractivity contribution in [2.24, 2.45) is 5.73 Å². The standard InChI is InChI=1S/C26H25N5O3/c1-26(33-2,25(28)32)18-10-12-19(13-11-18)31-24-22(23(27)29-16-30-24)17-8-14-21(15-9-17)34-20-6-4-3-5-7-20/h3-16H,1-2H3,(H2,28,32)(H3,27,29,30,31). The third-order valence-corrected chi connectivity index (χ3v) is 5.58. The first kappa shape index (κ1) is 22.8. The SMILES string of the molecule is COC(C)(C(N)=O)c1ccc(Nc2ncnc(N)c2-c2ccc(Oc3ccccc3)cc2)cc1. The highest BCUT2D eigenvalue weighted by atomic mass is 16.5. The van der Waals surface area contributed by atoms with E-state index in [1.54, 1.807) is 19.1 Å². The number of ether oxygens (including phenoxy) is 2. The largest absolute Gasteiger partial charge is 0.457 e. The third-order valence-electron chi connectivity index (χ3n) is 5.58. The summed E-state index contributed by atoms with van der Waals surface area (Å²) in [6.45, 7) is 1.63. The van der Waals surface area contributed by atoms with Crippen LogP contribution in [-0.2, 0) is 15.1 Å². The first-order chi connectivity index (χ1) is 16.4. The summed E-state index contributed by atoms with van der Waals surface area (Å²) < 4.78 is 11.2. The normalized spacial score (nSPS) is 12.5. The maximum Gasteiger partial charge on any atom is 0.254 e. The van der Waals surface area contributed by atoms with Crippen LogP contribution in [0, 0.1) is 0 Å². The molecule has 172 valence electrons. The molecule has 4 aromatic rings. The molecule has 4 rings (SSSR count). The Kier molecular flexibility index (Phi) is 6.42. The van der Waals surface area contributed by atoms with E-state index in [9.17, 15) is 4.79 Å². The number of benzene rings is 3. The van der Waals surface area contributed by atoms with Crippen LogP contribution in [0.4, 0.5) is 17.3 Å². The van der Waals surface area contributed by atoms with Gasteiger partial charge >= 0.3 is 0 Å². The number of rotatable bonds is 8. The molecule has 1 aromatic heterocycles. The Hall–Kier alpha value is -4.43. The Bertz CT molecular complexity index is 1280. The number of nitrogens with zero attached hydrogens (tertiary/aromatic N) is 2. The maximum absolute atomic E-state index is 11.8. The van der Waals surface area contributed by atoms with Gasteiger partial charge in [-0.3, -0.25) is 4.79 Å². The summed E-state index contributed by atoms with van der Waals surface area (Å²) in [7, 11) is 1.45. The number of para-hydroxylation sites is 1. The Morgan fingerprint density at radius 3 is 2.18 bits per heavy atom. The summed E-state index contributed by atoms with van der Waals surface area (Å²) in [5.41, 5.74) is 13.4. The molecule has 0 saturated heterocycles. The summed E-state index contributed by atoms with van der Waals surface area (Å²) in [4.78, 5) is 20.4. The van der Waals surface area contributed by atoms with Gasteiger partial charge in [-0.05, 0) is 54.4 Å². The number of hydrogen-bond donors (Lipinski definition) is 3. The summed E-state index contributed by atoms with van der Waals surface area (Å²) in [6, 6.07) is 24.3. The predicted molar refractivity (Wildman–Crippen MR) is 132 cm³/mol. The second-order valence-corrected chi connectivity index (χ2v) is 7.73. The van der Waals surface area contributed by atoms with E-state index in [0.717, 1.165) is 17.0 Å². The molecule has 0 radical (unpaired) electrons. The maximum atomic E-state index is 11.8. The monoisotopic (exact) mass is 455 g/mol. The highest BCUT2D eigenvalue weighted by Gasteiger charge is 2.32. The number of primary amides is 1. The van der Waals surface area contributed by atoms with Crippen molar-refractivity contribution in [2.75, 3.05) is 18.2 Å². The molecule has 0 saturated carbocycles. The quantitative estimate of drug-likeness (QED) is 0.354. The number of nitrogens with two attached hydrogens (primary N) is 2. The van der Waals surface area contributed by atoms with Crippen molar-refractivity contribution in [3.8, 4) is 22.6 Å². The van der Waals surface area contributed by atoms with Crippen molar-refractivity contribution in [3.63, 3.8) is 0 Å². The number of nitrogens with one attached hydrogen (secondary N) is 1. The number of aromatic nitrogens is 2. The molecule has 3 aromatic carbocycles. The van der Waals surface area contributed by atoms with Crippen LogP contribution in [-0.4, -0.2) is 23.0 Å². The topological polar surface area (TPSA) is 125 Å². The molecule has 1 amide bonds. The molecule has 0 aliphatic rings. The molecule has 1 atom stereocenters. The fourth-order valence-electron chi connectivity index (χ4n) is 3.46. The van der Waals surface area contributed by atoms with E-state index in [0.29, 0.717) is 28.5 Å². The van der Waals surface area contributed by atoms with Crippen molar-refractivity contribution in [1.29, 1.82) is 0 Å². The number of carbonyl (C=O) groups excluding carboxylic acids is 1. The molecule has 0 spiro atoms. The van der Waals surface area contributed by atoms with Gasteiger partial charge < -0.3 is 26.3 Å². The Morgan fingerprint density at radius 1 is 0.912 bits per heavy atom. The van der Waals surface area contributed by atoms with Crippen molar-refractivity contribution < 1.29 is 14.3 Å². The van der Waals surface area contributed by atoms with E-state index in [4.69, 9.17) is 20.9 Å². The van der Waals surface area contributed by atoms with E-state index in [1.165, 1.54) is 13.4 Å². The second kappa shape index (κ2) is 9.60. The zero-order chi connectivity index (χ0) is 24.1. The molecule has 1 heterocycles. The number of methoxy groups -OCH3 is 1. The average molecular weight is 456 g/mol. The molecule has 8 heteroatoms. The van der Waals surface area contributed by atoms with Gasteiger partial charge in [-0.2, -0.15) is 0 Å². The van der Waals surface area contributed by atoms with Gasteiger partial charge in [0.1, 0.15) is 29.5 Å². The number of carbonyl (C=O) groups is 1. The number of anilines is 3. The van der Waals surface area contributed by atoms with Gasteiger partial charge in [-0.15, -0.1) is 0 Å². The van der Waals surface area contributed by atoms with Crippen LogP contribution >= 0.6 is 0 Å². The predicted octanol–water partition coefficient (Wildman–Crippen LogP) is 4.61. The lowest BCUT2D eigenvalue weighted by molar-refractivity contribution is -0.139. The molecule has 0 bridgehead atoms. The number of hydrogen-bond acceptors (Lipinski definition) is 7. The Labute approximate surface area is 197 Å². The molecule has 8 nitrogen and oxygen atoms in total. The average Bonchev–Trinajstić information content (AvgIpc) is 2.85. The smallest absolute Gasteiger partial charge is 0.254 e. The summed E-state index contributed by atoms with van der Waals surface area (Å²) in [5.74, 6) is 1.77. The van der Waals surface area contributed by atoms with Crippen LogP contribution in [0.5, 0.6) is 11.5 Å². The van der Waals surface area contributed by atoms with Gasteiger partial charge in [0.25, 0.3) is 5.91 Å². The number of amides is 1. The molecule has 1 unspecified atom stereocenters. The minimum atomic E-state index is -1.22. The summed E-state index contributed by atoms with van der Waals surface area (Å²) >= 11 is 0. The molecule has 0 aliphatic heterocycles. The minimum Gasteiger partial charge on any atom is -0.457 e. The van der Waals surface area contributed by atoms with E-state index >= 15 is 0 Å². The van der Waals surface area contributed by atoms with E-state index in [1.807, 2.05) is 66.7 Å². The Balaban J connectivity index is 1.58. The zero-order valence-corrected chi connectivity index (χ0v) is 18.9.